The Morgan fingerprint density at radius 2 is 1.68 bits per heavy atom. The first-order valence-electron chi connectivity index (χ1n) is 13.8. The number of fused-ring (bicyclic) bond motifs is 1. The molecule has 2 aliphatic rings. The molecule has 2 aromatic carbocycles. The van der Waals surface area contributed by atoms with Crippen LogP contribution in [0.4, 0.5) is 20.3 Å². The molecule has 1 saturated carbocycles. The Hall–Kier alpha value is -3.61. The smallest absolute Gasteiger partial charge is 0.262 e. The number of hydrogen-bond acceptors (Lipinski definition) is 7. The summed E-state index contributed by atoms with van der Waals surface area (Å²) in [5, 5.41) is 0.640. The number of nitrogens with two attached hydrogens (primary N) is 1. The lowest BCUT2D eigenvalue weighted by Gasteiger charge is -2.41. The van der Waals surface area contributed by atoms with Gasteiger partial charge in [-0.2, -0.15) is 0 Å². The van der Waals surface area contributed by atoms with E-state index >= 15 is 4.39 Å². The maximum Gasteiger partial charge on any atom is 0.262 e. The molecule has 0 bridgehead atoms. The lowest BCUT2D eigenvalue weighted by molar-refractivity contribution is 0.0828. The maximum atomic E-state index is 15.3. The van der Waals surface area contributed by atoms with E-state index in [-0.39, 0.29) is 16.6 Å². The van der Waals surface area contributed by atoms with E-state index in [4.69, 9.17) is 5.73 Å². The van der Waals surface area contributed by atoms with Crippen molar-refractivity contribution < 1.29 is 17.2 Å². The molecule has 1 aliphatic heterocycles. The number of piperazine rings is 1. The summed E-state index contributed by atoms with van der Waals surface area (Å²) in [6, 6.07) is 9.60. The number of nitrogen functional groups attached to an aromatic ring is 1. The number of nitrogens with one attached hydrogen (secondary N) is 1. The number of nitrogens with zero attached hydrogens (tertiary/aromatic N) is 5. The Labute approximate surface area is 238 Å². The number of hydrogen-bond donors (Lipinski definition) is 2. The fourth-order valence-electron chi connectivity index (χ4n) is 6.10. The molecule has 216 valence electrons. The highest BCUT2D eigenvalue weighted by atomic mass is 32.2. The van der Waals surface area contributed by atoms with Crippen molar-refractivity contribution in [2.24, 2.45) is 0 Å². The van der Waals surface area contributed by atoms with Gasteiger partial charge in [-0.05, 0) is 68.6 Å². The van der Waals surface area contributed by atoms with Crippen LogP contribution < -0.4 is 10.5 Å². The summed E-state index contributed by atoms with van der Waals surface area (Å²) in [7, 11) is -2.02. The van der Waals surface area contributed by atoms with Gasteiger partial charge in [-0.15, -0.1) is 0 Å². The van der Waals surface area contributed by atoms with E-state index in [1.54, 1.807) is 6.07 Å². The van der Waals surface area contributed by atoms with Gasteiger partial charge in [0.15, 0.2) is 0 Å². The Kier molecular flexibility index (Phi) is 7.39. The fraction of sp³-hybridized carbons (Fsp3) is 0.379. The zero-order chi connectivity index (χ0) is 28.7. The van der Waals surface area contributed by atoms with Crippen LogP contribution in [0.15, 0.2) is 59.9 Å². The second-order valence-corrected chi connectivity index (χ2v) is 12.6. The van der Waals surface area contributed by atoms with Gasteiger partial charge < -0.3 is 15.2 Å². The monoisotopic (exact) mass is 581 g/mol. The first kappa shape index (κ1) is 27.6. The van der Waals surface area contributed by atoms with Gasteiger partial charge in [-0.3, -0.25) is 9.62 Å². The number of sulfonamides is 1. The number of likely N-dealkylation sites (N-methyl/N-ethyl adjacent to an activating group) is 1. The second-order valence-electron chi connectivity index (χ2n) is 11.0. The molecule has 1 aliphatic carbocycles. The molecular formula is C29H33F2N7O2S. The van der Waals surface area contributed by atoms with Gasteiger partial charge in [0.2, 0.25) is 0 Å². The van der Waals surface area contributed by atoms with Gasteiger partial charge in [-0.25, -0.2) is 27.2 Å². The molecule has 0 radical (unpaired) electrons. The molecule has 12 heteroatoms. The van der Waals surface area contributed by atoms with Crippen LogP contribution in [0, 0.1) is 11.6 Å². The summed E-state index contributed by atoms with van der Waals surface area (Å²) in [5.74, 6) is -1.18. The molecule has 9 nitrogen and oxygen atoms in total. The Bertz CT molecular complexity index is 1680. The van der Waals surface area contributed by atoms with E-state index in [1.807, 2.05) is 6.20 Å². The van der Waals surface area contributed by atoms with E-state index in [9.17, 15) is 12.8 Å². The first-order valence-corrected chi connectivity index (χ1v) is 15.3. The average molecular weight is 582 g/mol. The third-order valence-corrected chi connectivity index (χ3v) is 9.75. The molecule has 3 N–H and O–H groups in total. The van der Waals surface area contributed by atoms with Crippen molar-refractivity contribution in [1.29, 1.82) is 0 Å². The zero-order valence-corrected chi connectivity index (χ0v) is 23.6. The molecule has 0 spiro atoms. The minimum atomic E-state index is -4.18. The van der Waals surface area contributed by atoms with Crippen molar-refractivity contribution in [1.82, 2.24) is 24.3 Å². The summed E-state index contributed by atoms with van der Waals surface area (Å²) in [6.45, 7) is 4.41. The van der Waals surface area contributed by atoms with E-state index < -0.39 is 21.7 Å². The molecule has 0 atom stereocenters. The predicted octanol–water partition coefficient (Wildman–Crippen LogP) is 4.49. The van der Waals surface area contributed by atoms with Crippen molar-refractivity contribution >= 4 is 32.6 Å². The molecular weight excluding hydrogens is 548 g/mol. The van der Waals surface area contributed by atoms with Gasteiger partial charge in [-0.1, -0.05) is 12.1 Å². The zero-order valence-electron chi connectivity index (χ0n) is 22.8. The van der Waals surface area contributed by atoms with E-state index in [1.165, 1.54) is 30.6 Å². The van der Waals surface area contributed by atoms with Crippen LogP contribution in [-0.4, -0.2) is 72.0 Å². The molecule has 0 unspecified atom stereocenters. The first-order chi connectivity index (χ1) is 19.7. The fourth-order valence-corrected chi connectivity index (χ4v) is 7.20. The Balaban J connectivity index is 1.26. The summed E-state index contributed by atoms with van der Waals surface area (Å²) in [4.78, 5) is 13.4. The van der Waals surface area contributed by atoms with Crippen molar-refractivity contribution in [2.75, 3.05) is 43.7 Å². The standard InChI is InChI=1S/C29H33F2N7O2S/c1-36-11-13-37(14-12-36)21-6-8-22(9-7-21)38-17-24(27-28(32)33-18-34-29(27)38)19-5-10-26(25(31)15-19)35-41(39,40)23-4-2-3-20(30)16-23/h2-5,10,15-18,21-22,35H,6-9,11-14H2,1H3,(H2,32,33,34). The number of halogens is 2. The van der Waals surface area contributed by atoms with Crippen LogP contribution >= 0.6 is 0 Å². The lowest BCUT2D eigenvalue weighted by atomic mass is 9.89. The maximum absolute atomic E-state index is 15.3. The quantitative estimate of drug-likeness (QED) is 0.345. The molecule has 2 fully saturated rings. The summed E-state index contributed by atoms with van der Waals surface area (Å²) < 4.78 is 58.6. The molecule has 41 heavy (non-hydrogen) atoms. The number of rotatable bonds is 6. The molecule has 6 rings (SSSR count). The van der Waals surface area contributed by atoms with Crippen LogP contribution in [0.25, 0.3) is 22.2 Å². The Morgan fingerprint density at radius 1 is 0.951 bits per heavy atom. The normalized spacial score (nSPS) is 20.9. The number of aromatic nitrogens is 3. The van der Waals surface area contributed by atoms with Crippen molar-refractivity contribution in [3.05, 3.63) is 66.6 Å². The highest BCUT2D eigenvalue weighted by molar-refractivity contribution is 7.92. The highest BCUT2D eigenvalue weighted by Crippen LogP contribution is 2.39. The van der Waals surface area contributed by atoms with E-state index in [0.29, 0.717) is 34.0 Å². The molecule has 4 aromatic rings. The van der Waals surface area contributed by atoms with Gasteiger partial charge in [0.1, 0.15) is 29.4 Å². The lowest BCUT2D eigenvalue weighted by Crippen LogP contribution is -2.49. The van der Waals surface area contributed by atoms with Crippen LogP contribution in [0.2, 0.25) is 0 Å². The molecule has 2 aromatic heterocycles. The summed E-state index contributed by atoms with van der Waals surface area (Å²) in [6.07, 6.45) is 7.59. The van der Waals surface area contributed by atoms with Crippen molar-refractivity contribution in [3.63, 3.8) is 0 Å². The number of benzene rings is 2. The molecule has 1 saturated heterocycles. The van der Waals surface area contributed by atoms with Crippen molar-refractivity contribution in [2.45, 2.75) is 42.7 Å². The second kappa shape index (κ2) is 11.0. The predicted molar refractivity (Wildman–Crippen MR) is 155 cm³/mol. The van der Waals surface area contributed by atoms with Gasteiger partial charge in [0.25, 0.3) is 10.0 Å². The highest BCUT2D eigenvalue weighted by Gasteiger charge is 2.30. The van der Waals surface area contributed by atoms with Gasteiger partial charge in [0, 0.05) is 50.0 Å². The van der Waals surface area contributed by atoms with E-state index in [2.05, 4.69) is 36.1 Å². The third kappa shape index (κ3) is 5.51. The van der Waals surface area contributed by atoms with E-state index in [0.717, 1.165) is 64.0 Å². The minimum Gasteiger partial charge on any atom is -0.383 e. The van der Waals surface area contributed by atoms with Crippen LogP contribution in [0.3, 0.4) is 0 Å². The van der Waals surface area contributed by atoms with Crippen LogP contribution in [0.1, 0.15) is 31.7 Å². The summed E-state index contributed by atoms with van der Waals surface area (Å²) >= 11 is 0. The SMILES string of the molecule is CN1CCN(C2CCC(n3cc(-c4ccc(NS(=O)(=O)c5cccc(F)c5)c(F)c4)c4c(N)ncnc43)CC2)CC1. The largest absolute Gasteiger partial charge is 0.383 e. The molecule has 3 heterocycles. The van der Waals surface area contributed by atoms with Crippen molar-refractivity contribution in [3.8, 4) is 11.1 Å². The third-order valence-electron chi connectivity index (χ3n) is 8.38. The van der Waals surface area contributed by atoms with Gasteiger partial charge in [0.05, 0.1) is 16.0 Å². The minimum absolute atomic E-state index is 0.228. The van der Waals surface area contributed by atoms with Gasteiger partial charge >= 0.3 is 0 Å². The number of anilines is 2. The van der Waals surface area contributed by atoms with Crippen LogP contribution in [-0.2, 0) is 10.0 Å². The topological polar surface area (TPSA) is 109 Å². The Morgan fingerprint density at radius 3 is 2.39 bits per heavy atom. The summed E-state index contributed by atoms with van der Waals surface area (Å²) in [5.41, 5.74) is 7.96. The average Bonchev–Trinajstić information content (AvgIpc) is 3.36. The van der Waals surface area contributed by atoms with Crippen LogP contribution in [0.5, 0.6) is 0 Å². The molecule has 0 amide bonds.